The molecule has 0 aromatic carbocycles. The van der Waals surface area contributed by atoms with Crippen molar-refractivity contribution in [3.8, 4) is 0 Å². The van der Waals surface area contributed by atoms with Crippen LogP contribution in [-0.2, 0) is 4.79 Å². The molecule has 3 nitrogen and oxygen atoms in total. The number of hydrogen-bond donors (Lipinski definition) is 2. The second-order valence-electron chi connectivity index (χ2n) is 4.90. The van der Waals surface area contributed by atoms with E-state index < -0.39 is 12.1 Å². The number of hydrogen-bond acceptors (Lipinski definition) is 2. The van der Waals surface area contributed by atoms with Crippen LogP contribution in [0.15, 0.2) is 0 Å². The lowest BCUT2D eigenvalue weighted by molar-refractivity contribution is -0.139. The largest absolute Gasteiger partial charge is 0.481 e. The molecule has 1 fully saturated rings. The minimum atomic E-state index is -0.783. The zero-order valence-electron chi connectivity index (χ0n) is 8.61. The van der Waals surface area contributed by atoms with E-state index in [-0.39, 0.29) is 23.2 Å². The molecule has 2 N–H and O–H groups in total. The second kappa shape index (κ2) is 2.98. The van der Waals surface area contributed by atoms with Gasteiger partial charge in [-0.05, 0) is 11.3 Å². The first-order chi connectivity index (χ1) is 5.80. The number of carboxylic acid groups (broad SMARTS) is 1. The summed E-state index contributed by atoms with van der Waals surface area (Å²) in [7, 11) is 0. The highest BCUT2D eigenvalue weighted by Crippen LogP contribution is 2.60. The van der Waals surface area contributed by atoms with E-state index in [1.54, 1.807) is 0 Å². The highest BCUT2D eigenvalue weighted by atomic mass is 16.4. The third kappa shape index (κ3) is 1.57. The van der Waals surface area contributed by atoms with Crippen molar-refractivity contribution in [1.29, 1.82) is 0 Å². The molecular weight excluding hydrogens is 168 g/mol. The van der Waals surface area contributed by atoms with E-state index in [1.807, 2.05) is 27.7 Å². The first kappa shape index (κ1) is 10.5. The molecule has 3 heteroatoms. The van der Waals surface area contributed by atoms with Crippen molar-refractivity contribution in [2.75, 3.05) is 0 Å². The molecule has 0 heterocycles. The van der Waals surface area contributed by atoms with Gasteiger partial charge in [0.25, 0.3) is 0 Å². The van der Waals surface area contributed by atoms with Crippen molar-refractivity contribution in [3.05, 3.63) is 0 Å². The number of carbonyl (C=O) groups is 1. The summed E-state index contributed by atoms with van der Waals surface area (Å²) in [5, 5.41) is 18.6. The predicted octanol–water partition coefficient (Wildman–Crippen LogP) is 1.36. The van der Waals surface area contributed by atoms with Crippen molar-refractivity contribution in [2.24, 2.45) is 23.2 Å². The van der Waals surface area contributed by atoms with Crippen LogP contribution in [0.2, 0.25) is 0 Å². The fourth-order valence-electron chi connectivity index (χ4n) is 2.20. The molecule has 3 atom stereocenters. The van der Waals surface area contributed by atoms with Crippen molar-refractivity contribution in [1.82, 2.24) is 0 Å². The molecule has 0 aromatic heterocycles. The number of carboxylic acids is 1. The summed E-state index contributed by atoms with van der Waals surface area (Å²) in [5.41, 5.74) is -0.241. The molecule has 0 saturated heterocycles. The SMILES string of the molecule is CC(C)C(O)[C@H]1[C@H](C(=O)O)C1(C)C. The Kier molecular flexibility index (Phi) is 2.41. The molecule has 0 spiro atoms. The van der Waals surface area contributed by atoms with Gasteiger partial charge in [0, 0.05) is 5.92 Å². The van der Waals surface area contributed by atoms with Crippen molar-refractivity contribution in [3.63, 3.8) is 0 Å². The minimum absolute atomic E-state index is 0.0787. The zero-order chi connectivity index (χ0) is 10.4. The molecule has 1 unspecified atom stereocenters. The molecule has 0 aromatic rings. The van der Waals surface area contributed by atoms with Gasteiger partial charge in [-0.3, -0.25) is 4.79 Å². The van der Waals surface area contributed by atoms with Gasteiger partial charge >= 0.3 is 5.97 Å². The highest BCUT2D eigenvalue weighted by molar-refractivity contribution is 5.75. The maximum absolute atomic E-state index is 10.8. The minimum Gasteiger partial charge on any atom is -0.481 e. The van der Waals surface area contributed by atoms with Crippen LogP contribution in [-0.4, -0.2) is 22.3 Å². The molecule has 1 rings (SSSR count). The summed E-state index contributed by atoms with van der Waals surface area (Å²) in [6.07, 6.45) is -0.490. The number of rotatable bonds is 3. The summed E-state index contributed by atoms with van der Waals surface area (Å²) in [5.74, 6) is -1.10. The first-order valence-electron chi connectivity index (χ1n) is 4.71. The van der Waals surface area contributed by atoms with Gasteiger partial charge in [0.2, 0.25) is 0 Å². The topological polar surface area (TPSA) is 57.5 Å². The molecule has 76 valence electrons. The van der Waals surface area contributed by atoms with E-state index in [0.29, 0.717) is 0 Å². The van der Waals surface area contributed by atoms with Crippen molar-refractivity contribution < 1.29 is 15.0 Å². The van der Waals surface area contributed by atoms with Gasteiger partial charge in [-0.2, -0.15) is 0 Å². The smallest absolute Gasteiger partial charge is 0.307 e. The van der Waals surface area contributed by atoms with Gasteiger partial charge in [-0.1, -0.05) is 27.7 Å². The average molecular weight is 186 g/mol. The second-order valence-corrected chi connectivity index (χ2v) is 4.90. The maximum atomic E-state index is 10.8. The monoisotopic (exact) mass is 186 g/mol. The Balaban J connectivity index is 2.70. The van der Waals surface area contributed by atoms with Gasteiger partial charge in [0.15, 0.2) is 0 Å². The molecule has 0 bridgehead atoms. The lowest BCUT2D eigenvalue weighted by Crippen LogP contribution is -2.20. The van der Waals surface area contributed by atoms with E-state index in [2.05, 4.69) is 0 Å². The van der Waals surface area contributed by atoms with Crippen LogP contribution in [0.4, 0.5) is 0 Å². The Hall–Kier alpha value is -0.570. The Bertz CT molecular complexity index is 220. The molecule has 1 saturated carbocycles. The summed E-state index contributed by atoms with van der Waals surface area (Å²) in [4.78, 5) is 10.8. The average Bonchev–Trinajstić information content (AvgIpc) is 2.51. The molecular formula is C10H18O3. The zero-order valence-corrected chi connectivity index (χ0v) is 8.61. The lowest BCUT2D eigenvalue weighted by atomic mass is 9.98. The van der Waals surface area contributed by atoms with Crippen molar-refractivity contribution in [2.45, 2.75) is 33.8 Å². The van der Waals surface area contributed by atoms with Crippen LogP contribution in [0.1, 0.15) is 27.7 Å². The van der Waals surface area contributed by atoms with Gasteiger partial charge < -0.3 is 10.2 Å². The molecule has 0 amide bonds. The third-order valence-electron chi connectivity index (χ3n) is 3.23. The quantitative estimate of drug-likeness (QED) is 0.699. The maximum Gasteiger partial charge on any atom is 0.307 e. The Morgan fingerprint density at radius 2 is 1.85 bits per heavy atom. The van der Waals surface area contributed by atoms with Crippen molar-refractivity contribution >= 4 is 5.97 Å². The van der Waals surface area contributed by atoms with E-state index in [9.17, 15) is 9.90 Å². The fourth-order valence-corrected chi connectivity index (χ4v) is 2.20. The fraction of sp³-hybridized carbons (Fsp3) is 0.900. The predicted molar refractivity (Wildman–Crippen MR) is 49.2 cm³/mol. The van der Waals surface area contributed by atoms with Gasteiger partial charge in [-0.25, -0.2) is 0 Å². The van der Waals surface area contributed by atoms with Gasteiger partial charge in [0.05, 0.1) is 12.0 Å². The summed E-state index contributed by atoms with van der Waals surface area (Å²) >= 11 is 0. The van der Waals surface area contributed by atoms with E-state index in [0.717, 1.165) is 0 Å². The van der Waals surface area contributed by atoms with Crippen LogP contribution in [0.3, 0.4) is 0 Å². The number of aliphatic carboxylic acids is 1. The summed E-state index contributed by atoms with van der Waals surface area (Å²) < 4.78 is 0. The standard InChI is InChI=1S/C10H18O3/c1-5(2)8(11)6-7(9(12)13)10(6,3)4/h5-8,11H,1-4H3,(H,12,13)/t6-,7-,8?/m1/s1. The molecule has 0 aliphatic heterocycles. The lowest BCUT2D eigenvalue weighted by Gasteiger charge is -2.15. The number of aliphatic hydroxyl groups excluding tert-OH is 1. The molecule has 0 radical (unpaired) electrons. The third-order valence-corrected chi connectivity index (χ3v) is 3.23. The normalized spacial score (nSPS) is 33.1. The molecule has 13 heavy (non-hydrogen) atoms. The number of aliphatic hydroxyl groups is 1. The highest BCUT2D eigenvalue weighted by Gasteiger charge is 2.65. The Labute approximate surface area is 78.8 Å². The Morgan fingerprint density at radius 1 is 1.38 bits per heavy atom. The summed E-state index contributed by atoms with van der Waals surface area (Å²) in [6.45, 7) is 7.64. The van der Waals surface area contributed by atoms with Gasteiger partial charge in [-0.15, -0.1) is 0 Å². The van der Waals surface area contributed by atoms with E-state index in [1.165, 1.54) is 0 Å². The van der Waals surface area contributed by atoms with Crippen LogP contribution in [0, 0.1) is 23.2 Å². The molecule has 1 aliphatic carbocycles. The van der Waals surface area contributed by atoms with Gasteiger partial charge in [0.1, 0.15) is 0 Å². The molecule has 1 aliphatic rings. The van der Waals surface area contributed by atoms with Crippen LogP contribution >= 0.6 is 0 Å². The van der Waals surface area contributed by atoms with Crippen LogP contribution in [0.5, 0.6) is 0 Å². The van der Waals surface area contributed by atoms with E-state index >= 15 is 0 Å². The summed E-state index contributed by atoms with van der Waals surface area (Å²) in [6, 6.07) is 0. The Morgan fingerprint density at radius 3 is 2.08 bits per heavy atom. The van der Waals surface area contributed by atoms with Crippen LogP contribution in [0.25, 0.3) is 0 Å². The van der Waals surface area contributed by atoms with Crippen LogP contribution < -0.4 is 0 Å². The first-order valence-corrected chi connectivity index (χ1v) is 4.71. The van der Waals surface area contributed by atoms with E-state index in [4.69, 9.17) is 5.11 Å².